The van der Waals surface area contributed by atoms with Gasteiger partial charge in [0.05, 0.1) is 23.4 Å². The highest BCUT2D eigenvalue weighted by atomic mass is 35.5. The van der Waals surface area contributed by atoms with E-state index in [0.29, 0.717) is 30.4 Å². The fourth-order valence-corrected chi connectivity index (χ4v) is 2.53. The number of carbonyl (C=O) groups is 1. The van der Waals surface area contributed by atoms with E-state index in [1.54, 1.807) is 9.58 Å². The van der Waals surface area contributed by atoms with Crippen molar-refractivity contribution >= 4 is 17.5 Å². The molecule has 0 aromatic carbocycles. The first-order chi connectivity index (χ1) is 8.52. The van der Waals surface area contributed by atoms with Gasteiger partial charge in [-0.25, -0.2) is 0 Å². The average molecular weight is 272 g/mol. The second-order valence-electron chi connectivity index (χ2n) is 4.62. The van der Waals surface area contributed by atoms with Gasteiger partial charge in [0.2, 0.25) is 0 Å². The monoisotopic (exact) mass is 271 g/mol. The second kappa shape index (κ2) is 5.28. The summed E-state index contributed by atoms with van der Waals surface area (Å²) >= 11 is 6.05. The van der Waals surface area contributed by atoms with Gasteiger partial charge < -0.3 is 9.64 Å². The molecular formula is C12H18ClN3O2. The quantitative estimate of drug-likeness (QED) is 0.824. The highest BCUT2D eigenvalue weighted by Crippen LogP contribution is 2.20. The van der Waals surface area contributed by atoms with Crippen molar-refractivity contribution < 1.29 is 9.53 Å². The van der Waals surface area contributed by atoms with Gasteiger partial charge in [-0.05, 0) is 20.8 Å². The number of halogens is 1. The minimum absolute atomic E-state index is 0.0504. The van der Waals surface area contributed by atoms with Crippen molar-refractivity contribution in [3.05, 3.63) is 16.9 Å². The molecule has 1 amide bonds. The predicted molar refractivity (Wildman–Crippen MR) is 68.8 cm³/mol. The number of carbonyl (C=O) groups excluding carboxylic acids is 1. The summed E-state index contributed by atoms with van der Waals surface area (Å²) in [5, 5.41) is 4.50. The van der Waals surface area contributed by atoms with Gasteiger partial charge in [0, 0.05) is 19.6 Å². The molecule has 1 fully saturated rings. The average Bonchev–Trinajstić information content (AvgIpc) is 2.68. The number of nitrogens with zero attached hydrogens (tertiary/aromatic N) is 3. The van der Waals surface area contributed by atoms with Crippen LogP contribution < -0.4 is 0 Å². The van der Waals surface area contributed by atoms with Crippen molar-refractivity contribution in [1.29, 1.82) is 0 Å². The molecule has 2 atom stereocenters. The van der Waals surface area contributed by atoms with Crippen LogP contribution in [0.15, 0.2) is 6.20 Å². The molecule has 0 unspecified atom stereocenters. The molecular weight excluding hydrogens is 254 g/mol. The van der Waals surface area contributed by atoms with Crippen molar-refractivity contribution in [2.75, 3.05) is 13.1 Å². The molecule has 1 saturated heterocycles. The Morgan fingerprint density at radius 3 is 2.67 bits per heavy atom. The lowest BCUT2D eigenvalue weighted by molar-refractivity contribution is -0.0588. The van der Waals surface area contributed by atoms with Gasteiger partial charge in [0.15, 0.2) is 0 Å². The van der Waals surface area contributed by atoms with E-state index >= 15 is 0 Å². The van der Waals surface area contributed by atoms with Crippen LogP contribution in [0.3, 0.4) is 0 Å². The van der Waals surface area contributed by atoms with Crippen molar-refractivity contribution in [3.8, 4) is 0 Å². The van der Waals surface area contributed by atoms with E-state index in [0.717, 1.165) is 0 Å². The molecule has 100 valence electrons. The van der Waals surface area contributed by atoms with E-state index in [-0.39, 0.29) is 18.1 Å². The Morgan fingerprint density at radius 1 is 1.50 bits per heavy atom. The van der Waals surface area contributed by atoms with Crippen LogP contribution in [0, 0.1) is 0 Å². The Balaban J connectivity index is 2.22. The van der Waals surface area contributed by atoms with Gasteiger partial charge >= 0.3 is 0 Å². The first-order valence-corrected chi connectivity index (χ1v) is 6.56. The maximum atomic E-state index is 12.5. The van der Waals surface area contributed by atoms with Crippen LogP contribution in [0.2, 0.25) is 5.02 Å². The number of ether oxygens (including phenoxy) is 1. The third-order valence-corrected chi connectivity index (χ3v) is 3.28. The Kier molecular flexibility index (Phi) is 3.92. The van der Waals surface area contributed by atoms with Crippen molar-refractivity contribution in [1.82, 2.24) is 14.7 Å². The van der Waals surface area contributed by atoms with Gasteiger partial charge in [-0.1, -0.05) is 11.6 Å². The van der Waals surface area contributed by atoms with Crippen molar-refractivity contribution in [3.63, 3.8) is 0 Å². The third kappa shape index (κ3) is 2.52. The molecule has 1 aromatic heterocycles. The van der Waals surface area contributed by atoms with Gasteiger partial charge in [-0.3, -0.25) is 9.48 Å². The van der Waals surface area contributed by atoms with E-state index in [9.17, 15) is 4.79 Å². The van der Waals surface area contributed by atoms with Crippen molar-refractivity contribution in [2.45, 2.75) is 39.5 Å². The molecule has 1 aliphatic rings. The third-order valence-electron chi connectivity index (χ3n) is 3.00. The summed E-state index contributed by atoms with van der Waals surface area (Å²) in [5.74, 6) is -0.0682. The Hall–Kier alpha value is -1.07. The number of hydrogen-bond donors (Lipinski definition) is 0. The zero-order valence-corrected chi connectivity index (χ0v) is 11.6. The number of hydrogen-bond acceptors (Lipinski definition) is 3. The Bertz CT molecular complexity index is 437. The van der Waals surface area contributed by atoms with Crippen LogP contribution in [0.25, 0.3) is 0 Å². The molecule has 0 radical (unpaired) electrons. The summed E-state index contributed by atoms with van der Waals surface area (Å²) in [5.41, 5.74) is 0.473. The number of aromatic nitrogens is 2. The van der Waals surface area contributed by atoms with E-state index in [1.165, 1.54) is 6.20 Å². The molecule has 0 saturated carbocycles. The standard InChI is InChI=1S/C12H18ClN3O2/c1-4-16-11(10(13)5-14-16)12(17)15-6-8(2)18-9(3)7-15/h5,8-9H,4,6-7H2,1-3H3/t8-,9-/m1/s1. The molecule has 0 spiro atoms. The van der Waals surface area contributed by atoms with Crippen molar-refractivity contribution in [2.24, 2.45) is 0 Å². The summed E-state index contributed by atoms with van der Waals surface area (Å²) in [6.07, 6.45) is 1.62. The molecule has 2 heterocycles. The zero-order chi connectivity index (χ0) is 13.3. The lowest BCUT2D eigenvalue weighted by Crippen LogP contribution is -2.48. The van der Waals surface area contributed by atoms with Crippen LogP contribution in [0.1, 0.15) is 31.3 Å². The molecule has 2 rings (SSSR count). The fraction of sp³-hybridized carbons (Fsp3) is 0.667. The smallest absolute Gasteiger partial charge is 0.273 e. The second-order valence-corrected chi connectivity index (χ2v) is 5.03. The number of amides is 1. The lowest BCUT2D eigenvalue weighted by Gasteiger charge is -2.35. The summed E-state index contributed by atoms with van der Waals surface area (Å²) < 4.78 is 7.26. The molecule has 5 nitrogen and oxygen atoms in total. The van der Waals surface area contributed by atoms with E-state index in [1.807, 2.05) is 20.8 Å². The minimum atomic E-state index is -0.0682. The van der Waals surface area contributed by atoms with Crippen LogP contribution in [0.5, 0.6) is 0 Å². The SMILES string of the molecule is CCn1ncc(Cl)c1C(=O)N1C[C@@H](C)O[C@H](C)C1. The van der Waals surface area contributed by atoms with Crippen LogP contribution in [0.4, 0.5) is 0 Å². The highest BCUT2D eigenvalue weighted by Gasteiger charge is 2.29. The van der Waals surface area contributed by atoms with Crippen LogP contribution in [-0.2, 0) is 11.3 Å². The topological polar surface area (TPSA) is 47.4 Å². The molecule has 18 heavy (non-hydrogen) atoms. The van der Waals surface area contributed by atoms with Gasteiger partial charge in [0.25, 0.3) is 5.91 Å². The maximum Gasteiger partial charge on any atom is 0.273 e. The van der Waals surface area contributed by atoms with Gasteiger partial charge in [-0.15, -0.1) is 0 Å². The summed E-state index contributed by atoms with van der Waals surface area (Å²) in [6, 6.07) is 0. The number of morpholine rings is 1. The summed E-state index contributed by atoms with van der Waals surface area (Å²) in [4.78, 5) is 14.3. The molecule has 6 heteroatoms. The van der Waals surface area contributed by atoms with E-state index < -0.39 is 0 Å². The Morgan fingerprint density at radius 2 is 2.11 bits per heavy atom. The van der Waals surface area contributed by atoms with E-state index in [4.69, 9.17) is 16.3 Å². The number of rotatable bonds is 2. The summed E-state index contributed by atoms with van der Waals surface area (Å²) in [6.45, 7) is 7.68. The molecule has 0 bridgehead atoms. The maximum absolute atomic E-state index is 12.5. The molecule has 0 aliphatic carbocycles. The Labute approximate surface area is 112 Å². The van der Waals surface area contributed by atoms with E-state index in [2.05, 4.69) is 5.10 Å². The first-order valence-electron chi connectivity index (χ1n) is 6.19. The summed E-state index contributed by atoms with van der Waals surface area (Å²) in [7, 11) is 0. The highest BCUT2D eigenvalue weighted by molar-refractivity contribution is 6.33. The first kappa shape index (κ1) is 13.4. The lowest BCUT2D eigenvalue weighted by atomic mass is 10.2. The molecule has 1 aromatic rings. The zero-order valence-electron chi connectivity index (χ0n) is 10.9. The molecule has 0 N–H and O–H groups in total. The minimum Gasteiger partial charge on any atom is -0.372 e. The normalized spacial score (nSPS) is 24.3. The largest absolute Gasteiger partial charge is 0.372 e. The molecule has 1 aliphatic heterocycles. The number of aryl methyl sites for hydroxylation is 1. The van der Waals surface area contributed by atoms with Gasteiger partial charge in [-0.2, -0.15) is 5.10 Å². The fourth-order valence-electron chi connectivity index (χ4n) is 2.31. The van der Waals surface area contributed by atoms with Crippen LogP contribution in [-0.4, -0.2) is 45.9 Å². The predicted octanol–water partition coefficient (Wildman–Crippen LogP) is 1.81. The van der Waals surface area contributed by atoms with Gasteiger partial charge in [0.1, 0.15) is 5.69 Å². The van der Waals surface area contributed by atoms with Crippen LogP contribution >= 0.6 is 11.6 Å².